The Kier molecular flexibility index (Phi) is 18.0. The molecule has 9 rings (SSSR count). The van der Waals surface area contributed by atoms with Gasteiger partial charge in [0, 0.05) is 13.0 Å². The van der Waals surface area contributed by atoms with Crippen molar-refractivity contribution in [1.82, 2.24) is 0 Å². The maximum atomic E-state index is 14.4. The second kappa shape index (κ2) is 23.1. The quantitative estimate of drug-likeness (QED) is 0.0398. The molecule has 25 nitrogen and oxygen atoms in total. The van der Waals surface area contributed by atoms with E-state index in [0.717, 1.165) is 37.7 Å². The minimum absolute atomic E-state index is 0.00689. The second-order valence-corrected chi connectivity index (χ2v) is 26.5. The van der Waals surface area contributed by atoms with E-state index in [9.17, 15) is 68.8 Å². The molecule has 28 atom stereocenters. The third-order valence-electron chi connectivity index (χ3n) is 20.3. The normalized spacial score (nSPS) is 51.0. The summed E-state index contributed by atoms with van der Waals surface area (Å²) in [6.45, 7) is 13.8. The van der Waals surface area contributed by atoms with Gasteiger partial charge in [-0.15, -0.1) is 0 Å². The minimum Gasteiger partial charge on any atom is -0.458 e. The smallest absolute Gasteiger partial charge is 0.397 e. The van der Waals surface area contributed by atoms with Crippen molar-refractivity contribution in [1.29, 1.82) is 0 Å². The third kappa shape index (κ3) is 10.5. The number of aliphatic hydroxyl groups excluding tert-OH is 10. The first-order valence-electron chi connectivity index (χ1n) is 28.1. The molecule has 1 spiro atoms. The lowest BCUT2D eigenvalue weighted by Crippen LogP contribution is -2.67. The lowest BCUT2D eigenvalue weighted by molar-refractivity contribution is -0.389. The van der Waals surface area contributed by atoms with Crippen LogP contribution in [0.3, 0.4) is 0 Å². The van der Waals surface area contributed by atoms with E-state index in [1.807, 2.05) is 26.8 Å². The zero-order chi connectivity index (χ0) is 58.6. The summed E-state index contributed by atoms with van der Waals surface area (Å²) in [6, 6.07) is 0. The average molecular weight is 1170 g/mol. The number of aliphatic hydroxyl groups is 10. The van der Waals surface area contributed by atoms with Gasteiger partial charge in [0.1, 0.15) is 96.5 Å². The van der Waals surface area contributed by atoms with Gasteiger partial charge in [0.2, 0.25) is 0 Å². The molecule has 458 valence electrons. The molecule has 0 unspecified atom stereocenters. The number of fused-ring (bicyclic) bond motifs is 4. The van der Waals surface area contributed by atoms with E-state index in [2.05, 4.69) is 33.8 Å². The molecule has 0 aromatic heterocycles. The van der Waals surface area contributed by atoms with Gasteiger partial charge in [-0.2, -0.15) is 8.42 Å². The number of hydrogen-bond acceptors (Lipinski definition) is 24. The highest BCUT2D eigenvalue weighted by Crippen LogP contribution is 2.76. The van der Waals surface area contributed by atoms with Gasteiger partial charge in [0.25, 0.3) is 0 Å². The Labute approximate surface area is 466 Å². The Morgan fingerprint density at radius 3 is 1.91 bits per heavy atom. The van der Waals surface area contributed by atoms with Gasteiger partial charge in [-0.05, 0) is 107 Å². The lowest BCUT2D eigenvalue weighted by Gasteiger charge is -2.64. The van der Waals surface area contributed by atoms with Crippen molar-refractivity contribution in [3.63, 3.8) is 0 Å². The van der Waals surface area contributed by atoms with Crippen LogP contribution in [0.15, 0.2) is 23.3 Å². The van der Waals surface area contributed by atoms with E-state index in [4.69, 9.17) is 51.6 Å². The van der Waals surface area contributed by atoms with Crippen LogP contribution in [0.1, 0.15) is 107 Å². The highest BCUT2D eigenvalue weighted by Gasteiger charge is 2.79. The standard InChI is InChI=1S/C54H86O25S/c1-23(2)11-10-16-53(8)31-14-18-52(7)25-12-13-30-50(4,5)33(15-17-51(30,6)26(25)19-32(57)54(31,52)49(65)78-53)74-48-44(36(60)29(22-70-48)79-80(66,67)68)77-45-38(62)37(61)41(24(3)71-45)75-47-40(64)43(35(59)28(21-56)73-47)76-46-39(63)42(69-9)34(58)27(20-55)72-46/h11,19,24-25,27-48,55-64H,10,12-18,20-22H2,1-9H3,(H,66,67,68)/t24-,25-,27-,28-,29-,30+,31-,32+,33+,34-,35-,36+,37-,38-,39-,40-,41-,42+,43+,44-,45+,46+,47+,48+,51-,52+,53+,54-/m1/s1. The van der Waals surface area contributed by atoms with Crippen LogP contribution in [-0.2, 0) is 66.7 Å². The van der Waals surface area contributed by atoms with Crippen LogP contribution in [0.5, 0.6) is 0 Å². The summed E-state index contributed by atoms with van der Waals surface area (Å²) in [5.74, 6) is -0.537. The molecule has 0 bridgehead atoms. The van der Waals surface area contributed by atoms with Crippen molar-refractivity contribution in [2.24, 2.45) is 39.4 Å². The Balaban J connectivity index is 0.907. The topological polar surface area (TPSA) is 375 Å². The lowest BCUT2D eigenvalue weighted by atomic mass is 9.40. The van der Waals surface area contributed by atoms with E-state index in [1.54, 1.807) is 0 Å². The van der Waals surface area contributed by atoms with Gasteiger partial charge in [-0.1, -0.05) is 51.0 Å². The predicted molar refractivity (Wildman–Crippen MR) is 272 cm³/mol. The Morgan fingerprint density at radius 1 is 0.700 bits per heavy atom. The molecule has 3 saturated carbocycles. The second-order valence-electron chi connectivity index (χ2n) is 25.4. The summed E-state index contributed by atoms with van der Waals surface area (Å²) in [4.78, 5) is 14.4. The molecule has 11 N–H and O–H groups in total. The van der Waals surface area contributed by atoms with Crippen LogP contribution >= 0.6 is 0 Å². The molecule has 9 aliphatic rings. The zero-order valence-corrected chi connectivity index (χ0v) is 47.6. The van der Waals surface area contributed by atoms with Crippen molar-refractivity contribution in [2.75, 3.05) is 26.9 Å². The molecule has 0 aromatic rings. The average Bonchev–Trinajstić information content (AvgIpc) is 2.40. The molecule has 8 fully saturated rings. The summed E-state index contributed by atoms with van der Waals surface area (Å²) in [5.41, 5.74) is -1.18. The Bertz CT molecular complexity index is 2390. The molecule has 26 heteroatoms. The Morgan fingerprint density at radius 2 is 1.30 bits per heavy atom. The number of rotatable bonds is 16. The predicted octanol–water partition coefficient (Wildman–Crippen LogP) is -0.590. The molecule has 80 heavy (non-hydrogen) atoms. The fraction of sp³-hybridized carbons (Fsp3) is 0.907. The molecule has 4 aliphatic carbocycles. The summed E-state index contributed by atoms with van der Waals surface area (Å²) in [7, 11) is -3.99. The van der Waals surface area contributed by atoms with Crippen molar-refractivity contribution in [3.05, 3.63) is 23.3 Å². The number of hydrogen-bond donors (Lipinski definition) is 11. The highest BCUT2D eigenvalue weighted by atomic mass is 32.3. The van der Waals surface area contributed by atoms with Gasteiger partial charge in [0.15, 0.2) is 25.2 Å². The minimum atomic E-state index is -5.17. The van der Waals surface area contributed by atoms with E-state index in [-0.39, 0.29) is 23.7 Å². The largest absolute Gasteiger partial charge is 0.458 e. The number of cyclic esters (lactones) is 1. The summed E-state index contributed by atoms with van der Waals surface area (Å²) < 4.78 is 98.1. The third-order valence-corrected chi connectivity index (χ3v) is 20.8. The van der Waals surface area contributed by atoms with Gasteiger partial charge in [0.05, 0.1) is 38.1 Å². The van der Waals surface area contributed by atoms with E-state index < -0.39 is 186 Å². The molecule has 0 radical (unpaired) electrons. The fourth-order valence-electron chi connectivity index (χ4n) is 16.2. The highest BCUT2D eigenvalue weighted by molar-refractivity contribution is 7.80. The first-order chi connectivity index (χ1) is 37.4. The van der Waals surface area contributed by atoms with Crippen molar-refractivity contribution >= 4 is 16.4 Å². The summed E-state index contributed by atoms with van der Waals surface area (Å²) in [6.07, 6.45) is -24.1. The molecular formula is C54H86O25S. The van der Waals surface area contributed by atoms with E-state index in [0.29, 0.717) is 19.3 Å². The number of esters is 1. The van der Waals surface area contributed by atoms with Crippen molar-refractivity contribution < 1.29 is 120 Å². The van der Waals surface area contributed by atoms with Crippen LogP contribution in [0.4, 0.5) is 0 Å². The SMILES string of the molecule is CO[C@@H]1[C@@H](O)[C@H](O[C@@H]2[C@@H](O)[C@H](O[C@H]3[C@H](O)[C@@H](O)[C@H](O[C@H]4[C@H](O[C@H]5CC[C@]6(C)C7=C[C@H](O)[C@@]89C(=O)O[C@@](C)(CCC=C(C)C)[C@H]8CC[C@@]9(C)[C@@H]7CC[C@H]6C5(C)C)OC[C@@H](OS(=O)(=O)O)[C@@H]4O)O[C@@H]3C)O[C@H](CO)[C@H]2O)O[C@H](CO)[C@H]1O. The van der Waals surface area contributed by atoms with Crippen molar-refractivity contribution in [3.8, 4) is 0 Å². The maximum absolute atomic E-state index is 14.4. The molecule has 5 heterocycles. The fourth-order valence-corrected chi connectivity index (χ4v) is 16.7. The number of allylic oxidation sites excluding steroid dienone is 3. The van der Waals surface area contributed by atoms with Crippen LogP contribution in [0, 0.1) is 39.4 Å². The number of carbonyl (C=O) groups is 1. The molecule has 5 saturated heterocycles. The molecular weight excluding hydrogens is 1080 g/mol. The van der Waals surface area contributed by atoms with E-state index in [1.165, 1.54) is 19.6 Å². The maximum Gasteiger partial charge on any atom is 0.397 e. The molecule has 5 aliphatic heterocycles. The monoisotopic (exact) mass is 1170 g/mol. The Hall–Kier alpha value is -1.94. The van der Waals surface area contributed by atoms with Gasteiger partial charge >= 0.3 is 16.4 Å². The zero-order valence-electron chi connectivity index (χ0n) is 46.8. The number of methoxy groups -OCH3 is 1. The van der Waals surface area contributed by atoms with Gasteiger partial charge < -0.3 is 98.4 Å². The van der Waals surface area contributed by atoms with Gasteiger partial charge in [-0.25, -0.2) is 4.18 Å². The number of carbonyl (C=O) groups excluding carboxylic acids is 1. The summed E-state index contributed by atoms with van der Waals surface area (Å²) in [5, 5.41) is 112. The van der Waals surface area contributed by atoms with Crippen LogP contribution in [-0.4, -0.2) is 231 Å². The summed E-state index contributed by atoms with van der Waals surface area (Å²) >= 11 is 0. The molecule has 0 aromatic carbocycles. The van der Waals surface area contributed by atoms with Crippen LogP contribution in [0.2, 0.25) is 0 Å². The van der Waals surface area contributed by atoms with E-state index >= 15 is 0 Å². The first-order valence-corrected chi connectivity index (χ1v) is 29.4. The number of ether oxygens (including phenoxy) is 10. The molecule has 0 amide bonds. The van der Waals surface area contributed by atoms with Crippen molar-refractivity contribution in [2.45, 2.75) is 241 Å². The van der Waals surface area contributed by atoms with Crippen LogP contribution < -0.4 is 0 Å². The van der Waals surface area contributed by atoms with Crippen LogP contribution in [0.25, 0.3) is 0 Å². The van der Waals surface area contributed by atoms with Gasteiger partial charge in [-0.3, -0.25) is 9.35 Å². The first kappa shape index (κ1) is 62.6.